The van der Waals surface area contributed by atoms with Gasteiger partial charge in [0.15, 0.2) is 21.3 Å². The molecule has 0 bridgehead atoms. The number of anilines is 1. The standard InChI is InChI=1S/C19H18N2O4S2/c1-12-20-16-10-13(6-7-17(16)25-12)21-19(22)15-4-2-3-5-18(15)26-14-8-9-27(23,24)11-14/h2-7,10,14H,8-9,11H2,1H3,(H,21,22)/t14-/m0/s1. The number of oxazole rings is 1. The highest BCUT2D eigenvalue weighted by Crippen LogP contribution is 2.33. The third-order valence-corrected chi connectivity index (χ3v) is 7.69. The number of rotatable bonds is 4. The van der Waals surface area contributed by atoms with E-state index in [4.69, 9.17) is 4.42 Å². The van der Waals surface area contributed by atoms with Crippen LogP contribution >= 0.6 is 11.8 Å². The van der Waals surface area contributed by atoms with Crippen LogP contribution in [0.5, 0.6) is 0 Å². The van der Waals surface area contributed by atoms with Crippen LogP contribution in [0.15, 0.2) is 51.8 Å². The normalized spacial score (nSPS) is 18.6. The Morgan fingerprint density at radius 2 is 2.07 bits per heavy atom. The Hall–Kier alpha value is -2.32. The zero-order valence-electron chi connectivity index (χ0n) is 14.6. The number of hydrogen-bond acceptors (Lipinski definition) is 6. The molecule has 140 valence electrons. The van der Waals surface area contributed by atoms with Crippen LogP contribution in [0.1, 0.15) is 22.7 Å². The molecule has 1 aromatic heterocycles. The fourth-order valence-electron chi connectivity index (χ4n) is 3.11. The van der Waals surface area contributed by atoms with Crippen LogP contribution in [0.3, 0.4) is 0 Å². The van der Waals surface area contributed by atoms with Gasteiger partial charge in [0.1, 0.15) is 5.52 Å². The summed E-state index contributed by atoms with van der Waals surface area (Å²) in [4.78, 5) is 17.9. The van der Waals surface area contributed by atoms with E-state index in [9.17, 15) is 13.2 Å². The van der Waals surface area contributed by atoms with Gasteiger partial charge in [-0.05, 0) is 36.8 Å². The molecule has 6 nitrogen and oxygen atoms in total. The lowest BCUT2D eigenvalue weighted by Gasteiger charge is -2.12. The minimum absolute atomic E-state index is 0.0154. The SMILES string of the molecule is Cc1nc2cc(NC(=O)c3ccccc3S[C@H]3CCS(=O)(=O)C3)ccc2o1. The minimum Gasteiger partial charge on any atom is -0.441 e. The van der Waals surface area contributed by atoms with Gasteiger partial charge in [0.25, 0.3) is 5.91 Å². The minimum atomic E-state index is -2.95. The summed E-state index contributed by atoms with van der Waals surface area (Å²) >= 11 is 1.46. The van der Waals surface area contributed by atoms with Crippen molar-refractivity contribution in [3.8, 4) is 0 Å². The predicted molar refractivity (Wildman–Crippen MR) is 106 cm³/mol. The van der Waals surface area contributed by atoms with E-state index >= 15 is 0 Å². The zero-order valence-corrected chi connectivity index (χ0v) is 16.3. The molecule has 0 radical (unpaired) electrons. The second kappa shape index (κ2) is 7.01. The van der Waals surface area contributed by atoms with Gasteiger partial charge in [-0.2, -0.15) is 0 Å². The first-order valence-electron chi connectivity index (χ1n) is 8.54. The summed E-state index contributed by atoms with van der Waals surface area (Å²) in [5.41, 5.74) is 2.51. The van der Waals surface area contributed by atoms with Crippen LogP contribution in [0.25, 0.3) is 11.1 Å². The third kappa shape index (κ3) is 4.01. The van der Waals surface area contributed by atoms with Crippen LogP contribution in [-0.2, 0) is 9.84 Å². The van der Waals surface area contributed by atoms with Crippen molar-refractivity contribution in [2.24, 2.45) is 0 Å². The Morgan fingerprint density at radius 1 is 1.26 bits per heavy atom. The number of nitrogens with one attached hydrogen (secondary N) is 1. The fraction of sp³-hybridized carbons (Fsp3) is 0.263. The molecule has 0 spiro atoms. The molecule has 0 saturated carbocycles. The monoisotopic (exact) mass is 402 g/mol. The lowest BCUT2D eigenvalue weighted by atomic mass is 10.2. The number of sulfone groups is 1. The van der Waals surface area contributed by atoms with E-state index in [1.54, 1.807) is 37.3 Å². The molecule has 1 N–H and O–H groups in total. The molecular weight excluding hydrogens is 384 g/mol. The Kier molecular flexibility index (Phi) is 4.69. The second-order valence-corrected chi connectivity index (χ2v) is 10.1. The van der Waals surface area contributed by atoms with Crippen LogP contribution in [0, 0.1) is 6.92 Å². The summed E-state index contributed by atoms with van der Waals surface area (Å²) in [6, 6.07) is 12.6. The molecule has 0 aliphatic carbocycles. The van der Waals surface area contributed by atoms with Gasteiger partial charge in [-0.3, -0.25) is 4.79 Å². The molecule has 0 unspecified atom stereocenters. The lowest BCUT2D eigenvalue weighted by molar-refractivity contribution is 0.102. The number of benzene rings is 2. The second-order valence-electron chi connectivity index (χ2n) is 6.51. The zero-order chi connectivity index (χ0) is 19.0. The number of amides is 1. The number of nitrogens with zero attached hydrogens (tertiary/aromatic N) is 1. The molecule has 1 atom stereocenters. The molecule has 4 rings (SSSR count). The number of fused-ring (bicyclic) bond motifs is 1. The largest absolute Gasteiger partial charge is 0.441 e. The first-order chi connectivity index (χ1) is 12.9. The number of carbonyl (C=O) groups is 1. The van der Waals surface area contributed by atoms with Crippen molar-refractivity contribution in [1.29, 1.82) is 0 Å². The van der Waals surface area contributed by atoms with E-state index in [2.05, 4.69) is 10.3 Å². The number of aromatic nitrogens is 1. The van der Waals surface area contributed by atoms with Gasteiger partial charge in [0.05, 0.1) is 17.1 Å². The molecule has 27 heavy (non-hydrogen) atoms. The average molecular weight is 402 g/mol. The summed E-state index contributed by atoms with van der Waals surface area (Å²) in [5, 5.41) is 2.87. The van der Waals surface area contributed by atoms with Gasteiger partial charge in [-0.25, -0.2) is 13.4 Å². The van der Waals surface area contributed by atoms with E-state index in [-0.39, 0.29) is 22.7 Å². The topological polar surface area (TPSA) is 89.3 Å². The van der Waals surface area contributed by atoms with Crippen molar-refractivity contribution < 1.29 is 17.6 Å². The number of hydrogen-bond donors (Lipinski definition) is 1. The molecule has 1 fully saturated rings. The highest BCUT2D eigenvalue weighted by molar-refractivity contribution is 8.02. The van der Waals surface area contributed by atoms with Crippen molar-refractivity contribution in [3.05, 3.63) is 53.9 Å². The Bertz CT molecular complexity index is 1120. The van der Waals surface area contributed by atoms with Crippen LogP contribution in [0.4, 0.5) is 5.69 Å². The van der Waals surface area contributed by atoms with Crippen LogP contribution < -0.4 is 5.32 Å². The summed E-state index contributed by atoms with van der Waals surface area (Å²) in [5.74, 6) is 0.714. The smallest absolute Gasteiger partial charge is 0.256 e. The molecule has 1 aliphatic rings. The summed E-state index contributed by atoms with van der Waals surface area (Å²) in [7, 11) is -2.95. The Morgan fingerprint density at radius 3 is 2.85 bits per heavy atom. The number of thioether (sulfide) groups is 1. The van der Waals surface area contributed by atoms with E-state index in [0.717, 1.165) is 4.90 Å². The lowest BCUT2D eigenvalue weighted by Crippen LogP contribution is -2.14. The number of carbonyl (C=O) groups excluding carboxylic acids is 1. The van der Waals surface area contributed by atoms with Gasteiger partial charge in [0, 0.05) is 22.8 Å². The van der Waals surface area contributed by atoms with Crippen molar-refractivity contribution in [2.75, 3.05) is 16.8 Å². The average Bonchev–Trinajstić information content (AvgIpc) is 3.15. The van der Waals surface area contributed by atoms with Gasteiger partial charge in [-0.15, -0.1) is 11.8 Å². The van der Waals surface area contributed by atoms with Gasteiger partial charge in [-0.1, -0.05) is 12.1 Å². The summed E-state index contributed by atoms with van der Waals surface area (Å²) < 4.78 is 28.8. The molecule has 1 amide bonds. The summed E-state index contributed by atoms with van der Waals surface area (Å²) in [6.07, 6.45) is 0.616. The maximum atomic E-state index is 12.8. The predicted octanol–water partition coefficient (Wildman–Crippen LogP) is 3.67. The molecule has 2 heterocycles. The van der Waals surface area contributed by atoms with Gasteiger partial charge < -0.3 is 9.73 Å². The maximum Gasteiger partial charge on any atom is 0.256 e. The van der Waals surface area contributed by atoms with Crippen molar-refractivity contribution in [3.63, 3.8) is 0 Å². The summed E-state index contributed by atoms with van der Waals surface area (Å²) in [6.45, 7) is 1.77. The highest BCUT2D eigenvalue weighted by Gasteiger charge is 2.29. The Labute approximate surface area is 161 Å². The van der Waals surface area contributed by atoms with E-state index in [0.29, 0.717) is 34.7 Å². The maximum absolute atomic E-state index is 12.8. The fourth-order valence-corrected chi connectivity index (χ4v) is 6.74. The van der Waals surface area contributed by atoms with Gasteiger partial charge >= 0.3 is 0 Å². The first kappa shape index (κ1) is 18.1. The quantitative estimate of drug-likeness (QED) is 0.716. The highest BCUT2D eigenvalue weighted by atomic mass is 32.2. The number of aryl methyl sites for hydroxylation is 1. The van der Waals surface area contributed by atoms with E-state index < -0.39 is 9.84 Å². The van der Waals surface area contributed by atoms with Crippen molar-refractivity contribution in [1.82, 2.24) is 4.98 Å². The Balaban J connectivity index is 1.54. The van der Waals surface area contributed by atoms with Crippen LogP contribution in [-0.4, -0.2) is 36.1 Å². The van der Waals surface area contributed by atoms with Crippen LogP contribution in [0.2, 0.25) is 0 Å². The molecule has 1 saturated heterocycles. The van der Waals surface area contributed by atoms with E-state index in [1.165, 1.54) is 11.8 Å². The van der Waals surface area contributed by atoms with E-state index in [1.807, 2.05) is 12.1 Å². The first-order valence-corrected chi connectivity index (χ1v) is 11.2. The molecule has 1 aliphatic heterocycles. The molecular formula is C19H18N2O4S2. The van der Waals surface area contributed by atoms with Gasteiger partial charge in [0.2, 0.25) is 0 Å². The molecule has 3 aromatic rings. The third-order valence-electron chi connectivity index (χ3n) is 4.37. The molecule has 2 aromatic carbocycles. The molecule has 8 heteroatoms. The van der Waals surface area contributed by atoms with Crippen molar-refractivity contribution >= 4 is 44.3 Å². The van der Waals surface area contributed by atoms with Crippen molar-refractivity contribution in [2.45, 2.75) is 23.5 Å².